The molecule has 0 bridgehead atoms. The number of hydrogen-bond donors (Lipinski definition) is 1. The summed E-state index contributed by atoms with van der Waals surface area (Å²) in [5, 5.41) is 0.978. The SMILES string of the molecule is O=C(c1cc2ccccc2o1)N1CC[NH+](C/C=C/c2ccccc2)CC1. The number of para-hydroxylation sites is 1. The van der Waals surface area contributed by atoms with Crippen LogP contribution >= 0.6 is 0 Å². The average molecular weight is 347 g/mol. The molecule has 2 aromatic carbocycles. The van der Waals surface area contributed by atoms with Crippen LogP contribution in [0.25, 0.3) is 17.0 Å². The van der Waals surface area contributed by atoms with E-state index < -0.39 is 0 Å². The summed E-state index contributed by atoms with van der Waals surface area (Å²) in [6.07, 6.45) is 4.39. The van der Waals surface area contributed by atoms with Crippen LogP contribution in [-0.4, -0.2) is 43.5 Å². The van der Waals surface area contributed by atoms with Crippen molar-refractivity contribution >= 4 is 23.0 Å². The number of carbonyl (C=O) groups is 1. The van der Waals surface area contributed by atoms with Crippen molar-refractivity contribution < 1.29 is 14.1 Å². The molecule has 0 spiro atoms. The summed E-state index contributed by atoms with van der Waals surface area (Å²) >= 11 is 0. The van der Waals surface area contributed by atoms with Gasteiger partial charge in [0.2, 0.25) is 0 Å². The third-order valence-electron chi connectivity index (χ3n) is 4.91. The molecule has 4 nitrogen and oxygen atoms in total. The number of carbonyl (C=O) groups excluding carboxylic acids is 1. The van der Waals surface area contributed by atoms with Crippen molar-refractivity contribution in [1.29, 1.82) is 0 Å². The maximum absolute atomic E-state index is 12.7. The second-order valence-corrected chi connectivity index (χ2v) is 6.71. The standard InChI is InChI=1S/C22H22N2O2/c25-22(21-17-19-10-4-5-11-20(19)26-21)24-15-13-23(14-16-24)12-6-9-18-7-2-1-3-8-18/h1-11,17H,12-16H2/p+1/b9-6+. The molecule has 1 amide bonds. The van der Waals surface area contributed by atoms with E-state index in [1.54, 1.807) is 0 Å². The first-order valence-electron chi connectivity index (χ1n) is 9.12. The van der Waals surface area contributed by atoms with Gasteiger partial charge in [-0.2, -0.15) is 0 Å². The van der Waals surface area contributed by atoms with Gasteiger partial charge in [-0.15, -0.1) is 0 Å². The van der Waals surface area contributed by atoms with Crippen molar-refractivity contribution in [3.8, 4) is 0 Å². The minimum atomic E-state index is 0.0000719. The lowest BCUT2D eigenvalue weighted by atomic mass is 10.2. The molecule has 1 N–H and O–H groups in total. The number of quaternary nitrogens is 1. The number of nitrogens with zero attached hydrogens (tertiary/aromatic N) is 1. The van der Waals surface area contributed by atoms with E-state index >= 15 is 0 Å². The zero-order chi connectivity index (χ0) is 17.8. The Bertz CT molecular complexity index is 873. The van der Waals surface area contributed by atoms with Gasteiger partial charge in [0, 0.05) is 5.39 Å². The fourth-order valence-corrected chi connectivity index (χ4v) is 3.40. The Hall–Kier alpha value is -2.85. The lowest BCUT2D eigenvalue weighted by Gasteiger charge is -2.31. The molecule has 0 unspecified atom stereocenters. The van der Waals surface area contributed by atoms with Crippen LogP contribution in [0, 0.1) is 0 Å². The third kappa shape index (κ3) is 3.70. The number of piperazine rings is 1. The first kappa shape index (κ1) is 16.6. The van der Waals surface area contributed by atoms with Crippen LogP contribution in [0.4, 0.5) is 0 Å². The molecule has 4 rings (SSSR count). The predicted octanol–water partition coefficient (Wildman–Crippen LogP) is 2.49. The first-order chi connectivity index (χ1) is 12.8. The van der Waals surface area contributed by atoms with Gasteiger partial charge in [-0.1, -0.05) is 54.6 Å². The van der Waals surface area contributed by atoms with Crippen LogP contribution in [0.15, 0.2) is 71.2 Å². The Balaban J connectivity index is 1.31. The molecule has 1 aliphatic heterocycles. The Morgan fingerprint density at radius 3 is 2.54 bits per heavy atom. The van der Waals surface area contributed by atoms with E-state index in [4.69, 9.17) is 4.42 Å². The fraction of sp³-hybridized carbons (Fsp3) is 0.227. The molecule has 1 saturated heterocycles. The van der Waals surface area contributed by atoms with E-state index in [1.807, 2.05) is 41.3 Å². The summed E-state index contributed by atoms with van der Waals surface area (Å²) in [4.78, 5) is 16.1. The number of hydrogen-bond acceptors (Lipinski definition) is 2. The summed E-state index contributed by atoms with van der Waals surface area (Å²) in [6, 6.07) is 19.9. The quantitative estimate of drug-likeness (QED) is 0.787. The zero-order valence-electron chi connectivity index (χ0n) is 14.7. The van der Waals surface area contributed by atoms with Crippen molar-refractivity contribution in [2.45, 2.75) is 0 Å². The van der Waals surface area contributed by atoms with Crippen LogP contribution in [0.5, 0.6) is 0 Å². The van der Waals surface area contributed by atoms with Gasteiger partial charge < -0.3 is 14.2 Å². The van der Waals surface area contributed by atoms with Crippen molar-refractivity contribution in [2.75, 3.05) is 32.7 Å². The highest BCUT2D eigenvalue weighted by Crippen LogP contribution is 2.20. The van der Waals surface area contributed by atoms with Crippen molar-refractivity contribution in [2.24, 2.45) is 0 Å². The zero-order valence-corrected chi connectivity index (χ0v) is 14.7. The summed E-state index contributed by atoms with van der Waals surface area (Å²) in [5.41, 5.74) is 2.00. The van der Waals surface area contributed by atoms with Gasteiger partial charge in [0.05, 0.1) is 32.7 Å². The molecular weight excluding hydrogens is 324 g/mol. The molecule has 1 aromatic heterocycles. The molecule has 0 saturated carbocycles. The van der Waals surface area contributed by atoms with Crippen molar-refractivity contribution in [3.63, 3.8) is 0 Å². The monoisotopic (exact) mass is 347 g/mol. The topological polar surface area (TPSA) is 37.9 Å². The molecule has 0 atom stereocenters. The average Bonchev–Trinajstić information content (AvgIpc) is 3.13. The number of nitrogens with one attached hydrogen (secondary N) is 1. The van der Waals surface area contributed by atoms with Gasteiger partial charge in [0.15, 0.2) is 5.76 Å². The largest absolute Gasteiger partial charge is 0.451 e. The maximum Gasteiger partial charge on any atom is 0.290 e. The smallest absolute Gasteiger partial charge is 0.290 e. The molecule has 3 aromatic rings. The predicted molar refractivity (Wildman–Crippen MR) is 103 cm³/mol. The molecule has 26 heavy (non-hydrogen) atoms. The summed E-state index contributed by atoms with van der Waals surface area (Å²) < 4.78 is 5.71. The molecule has 1 fully saturated rings. The lowest BCUT2D eigenvalue weighted by Crippen LogP contribution is -3.14. The third-order valence-corrected chi connectivity index (χ3v) is 4.91. The van der Waals surface area contributed by atoms with Crippen LogP contribution < -0.4 is 4.90 Å². The minimum Gasteiger partial charge on any atom is -0.451 e. The van der Waals surface area contributed by atoms with E-state index in [2.05, 4.69) is 36.4 Å². The number of furan rings is 1. The molecule has 4 heteroatoms. The van der Waals surface area contributed by atoms with Gasteiger partial charge in [0.1, 0.15) is 5.58 Å². The first-order valence-corrected chi connectivity index (χ1v) is 9.12. The van der Waals surface area contributed by atoms with Crippen molar-refractivity contribution in [1.82, 2.24) is 4.90 Å². The molecular formula is C22H23N2O2+. The lowest BCUT2D eigenvalue weighted by molar-refractivity contribution is -0.898. The molecule has 0 radical (unpaired) electrons. The molecule has 132 valence electrons. The minimum absolute atomic E-state index is 0.0000719. The van der Waals surface area contributed by atoms with Gasteiger partial charge in [-0.25, -0.2) is 0 Å². The van der Waals surface area contributed by atoms with Gasteiger partial charge >= 0.3 is 0 Å². The van der Waals surface area contributed by atoms with E-state index in [1.165, 1.54) is 10.5 Å². The Labute approximate surface area is 153 Å². The highest BCUT2D eigenvalue weighted by molar-refractivity contribution is 5.96. The molecule has 0 aliphatic carbocycles. The van der Waals surface area contributed by atoms with E-state index in [-0.39, 0.29) is 5.91 Å². The van der Waals surface area contributed by atoms with Crippen LogP contribution in [0.2, 0.25) is 0 Å². The van der Waals surface area contributed by atoms with Crippen LogP contribution in [-0.2, 0) is 0 Å². The number of rotatable bonds is 4. The maximum atomic E-state index is 12.7. The Morgan fingerprint density at radius 1 is 1.04 bits per heavy atom. The normalized spacial score (nSPS) is 15.8. The van der Waals surface area contributed by atoms with E-state index in [9.17, 15) is 4.79 Å². The van der Waals surface area contributed by atoms with E-state index in [0.29, 0.717) is 5.76 Å². The fourth-order valence-electron chi connectivity index (χ4n) is 3.40. The van der Waals surface area contributed by atoms with E-state index in [0.717, 1.165) is 43.7 Å². The summed E-state index contributed by atoms with van der Waals surface area (Å²) in [5.74, 6) is 0.443. The molecule has 2 heterocycles. The second kappa shape index (κ2) is 7.58. The summed E-state index contributed by atoms with van der Waals surface area (Å²) in [6.45, 7) is 4.45. The van der Waals surface area contributed by atoms with Gasteiger partial charge in [-0.3, -0.25) is 4.79 Å². The highest BCUT2D eigenvalue weighted by atomic mass is 16.3. The Kier molecular flexibility index (Phi) is 4.84. The molecule has 1 aliphatic rings. The number of amides is 1. The van der Waals surface area contributed by atoms with Crippen LogP contribution in [0.3, 0.4) is 0 Å². The van der Waals surface area contributed by atoms with Gasteiger partial charge in [-0.05, 0) is 23.8 Å². The highest BCUT2D eigenvalue weighted by Gasteiger charge is 2.25. The van der Waals surface area contributed by atoms with Gasteiger partial charge in [0.25, 0.3) is 5.91 Å². The Morgan fingerprint density at radius 2 is 1.77 bits per heavy atom. The number of fused-ring (bicyclic) bond motifs is 1. The second-order valence-electron chi connectivity index (χ2n) is 6.71. The summed E-state index contributed by atoms with van der Waals surface area (Å²) in [7, 11) is 0. The number of benzene rings is 2. The van der Waals surface area contributed by atoms with Crippen LogP contribution in [0.1, 0.15) is 16.1 Å². The van der Waals surface area contributed by atoms with Crippen molar-refractivity contribution in [3.05, 3.63) is 78.1 Å².